The van der Waals surface area contributed by atoms with Gasteiger partial charge in [0.05, 0.1) is 53.3 Å². The van der Waals surface area contributed by atoms with Crippen LogP contribution in [0.1, 0.15) is 87.0 Å². The normalized spacial score (nSPS) is 30.4. The Hall–Kier alpha value is -2.26. The smallest absolute Gasteiger partial charge is 0.0902 e. The summed E-state index contributed by atoms with van der Waals surface area (Å²) in [5.74, 6) is 2.87. The average molecular weight is 635 g/mol. The Kier molecular flexibility index (Phi) is 5.40. The van der Waals surface area contributed by atoms with Gasteiger partial charge in [-0.25, -0.2) is 19.9 Å². The van der Waals surface area contributed by atoms with E-state index in [4.69, 9.17) is 19.9 Å². The average Bonchev–Trinajstić information content (AvgIpc) is 3.60. The Bertz CT molecular complexity index is 2040. The van der Waals surface area contributed by atoms with Gasteiger partial charge in [0.15, 0.2) is 0 Å². The van der Waals surface area contributed by atoms with Crippen molar-refractivity contribution < 1.29 is 0 Å². The molecule has 43 heavy (non-hydrogen) atoms. The molecule has 0 amide bonds. The van der Waals surface area contributed by atoms with Crippen LogP contribution in [-0.4, -0.2) is 19.9 Å². The number of nitrogens with zero attached hydrogens (tertiary/aromatic N) is 4. The zero-order valence-electron chi connectivity index (χ0n) is 24.4. The van der Waals surface area contributed by atoms with Crippen LogP contribution >= 0.6 is 47.0 Å². The molecule has 0 N–H and O–H groups in total. The van der Waals surface area contributed by atoms with Crippen molar-refractivity contribution in [2.75, 3.05) is 0 Å². The van der Waals surface area contributed by atoms with Gasteiger partial charge in [0.1, 0.15) is 0 Å². The Balaban J connectivity index is 0.983. The lowest BCUT2D eigenvalue weighted by atomic mass is 9.61. The first-order valence-electron chi connectivity index (χ1n) is 15.3. The van der Waals surface area contributed by atoms with Gasteiger partial charge < -0.3 is 0 Å². The minimum atomic E-state index is 0.238. The number of hydrogen-bond acceptors (Lipinski definition) is 8. The summed E-state index contributed by atoms with van der Waals surface area (Å²) in [4.78, 5) is 26.1. The molecule has 8 heteroatoms. The monoisotopic (exact) mass is 634 g/mol. The molecule has 4 bridgehead atoms. The van der Waals surface area contributed by atoms with E-state index in [1.54, 1.807) is 0 Å². The fourth-order valence-corrected chi connectivity index (χ4v) is 13.5. The van der Waals surface area contributed by atoms with Crippen molar-refractivity contribution in [2.24, 2.45) is 17.3 Å². The first-order chi connectivity index (χ1) is 20.8. The van der Waals surface area contributed by atoms with Gasteiger partial charge in [-0.1, -0.05) is 99.0 Å². The summed E-state index contributed by atoms with van der Waals surface area (Å²) in [7, 11) is 0. The van der Waals surface area contributed by atoms with Gasteiger partial charge in [-0.05, 0) is 54.4 Å². The second-order valence-corrected chi connectivity index (χ2v) is 18.6. The largest absolute Gasteiger partial charge is 0.249 e. The molecule has 4 nitrogen and oxygen atoms in total. The predicted octanol–water partition coefficient (Wildman–Crippen LogP) is 10.4. The van der Waals surface area contributed by atoms with Crippen LogP contribution in [0.2, 0.25) is 0 Å². The summed E-state index contributed by atoms with van der Waals surface area (Å²) in [5.41, 5.74) is 9.20. The molecule has 4 heterocycles. The minimum absolute atomic E-state index is 0.238. The Labute approximate surface area is 268 Å². The predicted molar refractivity (Wildman–Crippen MR) is 180 cm³/mol. The van der Waals surface area contributed by atoms with E-state index >= 15 is 0 Å². The van der Waals surface area contributed by atoms with Crippen molar-refractivity contribution in [3.05, 3.63) is 79.8 Å². The van der Waals surface area contributed by atoms with E-state index in [0.29, 0.717) is 35.5 Å². The van der Waals surface area contributed by atoms with Crippen LogP contribution in [0.15, 0.2) is 76.6 Å². The maximum atomic E-state index is 5.27. The highest BCUT2D eigenvalue weighted by molar-refractivity contribution is 8.30. The summed E-state index contributed by atoms with van der Waals surface area (Å²) in [6.45, 7) is 9.45. The molecule has 5 atom stereocenters. The van der Waals surface area contributed by atoms with Crippen LogP contribution in [0.3, 0.4) is 0 Å². The van der Waals surface area contributed by atoms with Crippen LogP contribution in [0.5, 0.6) is 0 Å². The molecule has 0 radical (unpaired) electrons. The van der Waals surface area contributed by atoms with Gasteiger partial charge in [0.25, 0.3) is 0 Å². The molecule has 0 fully saturated rings. The van der Waals surface area contributed by atoms with Crippen LogP contribution < -0.4 is 0 Å². The van der Waals surface area contributed by atoms with E-state index in [2.05, 4.69) is 76.3 Å². The summed E-state index contributed by atoms with van der Waals surface area (Å²) in [6, 6.07) is 9.12. The number of fused-ring (bicyclic) bond motifs is 6. The maximum Gasteiger partial charge on any atom is 0.0902 e. The lowest BCUT2D eigenvalue weighted by Gasteiger charge is -2.44. The van der Waals surface area contributed by atoms with Crippen molar-refractivity contribution in [3.63, 3.8) is 0 Å². The topological polar surface area (TPSA) is 51.6 Å². The molecule has 214 valence electrons. The quantitative estimate of drug-likeness (QED) is 0.192. The van der Waals surface area contributed by atoms with Crippen molar-refractivity contribution in [2.45, 2.75) is 83.8 Å². The highest BCUT2D eigenvalue weighted by atomic mass is 32.2. The molecule has 2 aliphatic heterocycles. The van der Waals surface area contributed by atoms with E-state index in [1.807, 2.05) is 47.0 Å². The Morgan fingerprint density at radius 2 is 1.12 bits per heavy atom. The third kappa shape index (κ3) is 3.76. The molecule has 8 aliphatic rings. The summed E-state index contributed by atoms with van der Waals surface area (Å²) >= 11 is 7.55. The highest BCUT2D eigenvalue weighted by Crippen LogP contribution is 2.62. The summed E-state index contributed by atoms with van der Waals surface area (Å²) in [6.07, 6.45) is 11.9. The molecule has 2 aromatic carbocycles. The van der Waals surface area contributed by atoms with Crippen LogP contribution in [0, 0.1) is 17.3 Å². The van der Waals surface area contributed by atoms with E-state index < -0.39 is 0 Å². The minimum Gasteiger partial charge on any atom is -0.249 e. The maximum absolute atomic E-state index is 5.27. The van der Waals surface area contributed by atoms with Crippen molar-refractivity contribution >= 4 is 69.1 Å². The molecule has 12 rings (SSSR count). The fourth-order valence-electron chi connectivity index (χ4n) is 8.15. The van der Waals surface area contributed by atoms with Crippen molar-refractivity contribution in [1.82, 2.24) is 19.9 Å². The van der Waals surface area contributed by atoms with E-state index in [1.165, 1.54) is 57.3 Å². The lowest BCUT2D eigenvalue weighted by molar-refractivity contribution is 0.243. The van der Waals surface area contributed by atoms with Crippen LogP contribution in [0.25, 0.3) is 22.1 Å². The molecular formula is C35H30N4S4. The molecule has 2 aromatic heterocycles. The van der Waals surface area contributed by atoms with E-state index in [0.717, 1.165) is 28.5 Å². The fraction of sp³-hybridized carbons (Fsp3) is 0.371. The van der Waals surface area contributed by atoms with E-state index in [-0.39, 0.29) is 5.41 Å². The number of allylic oxidation sites excluding steroid dienone is 4. The Morgan fingerprint density at radius 3 is 1.65 bits per heavy atom. The first kappa shape index (κ1) is 26.0. The molecule has 0 saturated heterocycles. The van der Waals surface area contributed by atoms with Crippen LogP contribution in [0.4, 0.5) is 0 Å². The van der Waals surface area contributed by atoms with E-state index in [9.17, 15) is 0 Å². The third-order valence-electron chi connectivity index (χ3n) is 10.4. The van der Waals surface area contributed by atoms with Gasteiger partial charge >= 0.3 is 0 Å². The van der Waals surface area contributed by atoms with Gasteiger partial charge in [0.2, 0.25) is 0 Å². The van der Waals surface area contributed by atoms with Gasteiger partial charge in [-0.2, -0.15) is 0 Å². The Morgan fingerprint density at radius 1 is 0.628 bits per heavy atom. The molecule has 0 spiro atoms. The number of rotatable bonds is 1. The SMILES string of the molecule is CC(C)C1CC2C=CC1c1nc3cc4c(cc3nc12)S/C(=C1/Sc2cc3nc5c(nc3cc2S1)C1C=CC5CC1(C)C)S4. The molecule has 5 unspecified atom stereocenters. The second kappa shape index (κ2) is 8.93. The van der Waals surface area contributed by atoms with Gasteiger partial charge in [0, 0.05) is 43.3 Å². The number of benzene rings is 2. The first-order valence-corrected chi connectivity index (χ1v) is 18.6. The molecular weight excluding hydrogens is 605 g/mol. The zero-order valence-corrected chi connectivity index (χ0v) is 27.7. The summed E-state index contributed by atoms with van der Waals surface area (Å²) < 4.78 is 2.71. The zero-order chi connectivity index (χ0) is 28.8. The molecule has 0 saturated carbocycles. The lowest BCUT2D eigenvalue weighted by Crippen LogP contribution is -2.34. The number of hydrogen-bond donors (Lipinski definition) is 0. The van der Waals surface area contributed by atoms with Crippen LogP contribution in [-0.2, 0) is 0 Å². The number of aromatic nitrogens is 4. The van der Waals surface area contributed by atoms with Gasteiger partial charge in [-0.3, -0.25) is 0 Å². The second-order valence-electron chi connectivity index (χ2n) is 13.9. The third-order valence-corrected chi connectivity index (χ3v) is 15.9. The number of thioether (sulfide) groups is 4. The molecule has 6 aliphatic carbocycles. The van der Waals surface area contributed by atoms with Crippen molar-refractivity contribution in [3.8, 4) is 0 Å². The standard InChI is InChI=1S/C35H30N4S4/c1-15(2)19-9-16-5-7-18(19)31-29(16)36-21-10-25-27(12-23(21)38-31)42-33(40-25)34-41-26-11-22-24(13-28(26)43-34)39-32-20-8-6-17(30(32)37-22)14-35(20,3)4/h5-8,10-13,15-20H,9,14H2,1-4H3/b34-33+. The summed E-state index contributed by atoms with van der Waals surface area (Å²) in [5, 5.41) is 0. The van der Waals surface area contributed by atoms with Crippen molar-refractivity contribution in [1.29, 1.82) is 0 Å². The highest BCUT2D eigenvalue weighted by Gasteiger charge is 2.44. The van der Waals surface area contributed by atoms with Gasteiger partial charge in [-0.15, -0.1) is 0 Å². The molecule has 4 aromatic rings.